The molecule has 0 saturated heterocycles. The summed E-state index contributed by atoms with van der Waals surface area (Å²) in [6.45, 7) is 4.78. The van der Waals surface area contributed by atoms with Crippen LogP contribution < -0.4 is 0 Å². The summed E-state index contributed by atoms with van der Waals surface area (Å²) in [7, 11) is 0. The number of hydrogen-bond acceptors (Lipinski definition) is 4. The van der Waals surface area contributed by atoms with Gasteiger partial charge in [0.2, 0.25) is 5.89 Å². The van der Waals surface area contributed by atoms with Crippen molar-refractivity contribution >= 4 is 5.97 Å². The Morgan fingerprint density at radius 3 is 2.71 bits per heavy atom. The van der Waals surface area contributed by atoms with E-state index in [1.807, 2.05) is 43.0 Å². The van der Waals surface area contributed by atoms with E-state index in [1.165, 1.54) is 5.56 Å². The van der Waals surface area contributed by atoms with Gasteiger partial charge in [0.1, 0.15) is 11.8 Å². The van der Waals surface area contributed by atoms with Gasteiger partial charge in [0.05, 0.1) is 12.2 Å². The number of aliphatic carboxylic acids is 1. The molecule has 0 spiro atoms. The Labute approximate surface area is 123 Å². The molecule has 5 heteroatoms. The largest absolute Gasteiger partial charge is 0.480 e. The number of carbonyl (C=O) groups is 1. The number of carboxylic acid groups (broad SMARTS) is 1. The van der Waals surface area contributed by atoms with Crippen molar-refractivity contribution in [3.05, 3.63) is 52.7 Å². The average Bonchev–Trinajstić information content (AvgIpc) is 2.76. The molecule has 1 aromatic heterocycles. The Kier molecular flexibility index (Phi) is 3.51. The second-order valence-electron chi connectivity index (χ2n) is 5.48. The number of carboxylic acids is 1. The van der Waals surface area contributed by atoms with Crippen molar-refractivity contribution in [2.45, 2.75) is 39.4 Å². The summed E-state index contributed by atoms with van der Waals surface area (Å²) < 4.78 is 5.59. The number of hydrogen-bond donors (Lipinski definition) is 1. The van der Waals surface area contributed by atoms with Gasteiger partial charge >= 0.3 is 5.97 Å². The number of nitrogens with zero attached hydrogens (tertiary/aromatic N) is 2. The van der Waals surface area contributed by atoms with Gasteiger partial charge in [-0.2, -0.15) is 0 Å². The summed E-state index contributed by atoms with van der Waals surface area (Å²) in [5.74, 6) is 0.564. The van der Waals surface area contributed by atoms with Crippen LogP contribution in [-0.4, -0.2) is 27.0 Å². The van der Waals surface area contributed by atoms with Crippen LogP contribution in [0.15, 0.2) is 28.7 Å². The average molecular weight is 286 g/mol. The van der Waals surface area contributed by atoms with Crippen LogP contribution in [0.1, 0.15) is 28.5 Å². The molecule has 0 fully saturated rings. The van der Waals surface area contributed by atoms with E-state index in [0.717, 1.165) is 17.0 Å². The minimum Gasteiger partial charge on any atom is -0.480 e. The first-order chi connectivity index (χ1) is 10.0. The summed E-state index contributed by atoms with van der Waals surface area (Å²) in [4.78, 5) is 17.8. The monoisotopic (exact) mass is 286 g/mol. The molecule has 1 aliphatic heterocycles. The topological polar surface area (TPSA) is 66.6 Å². The van der Waals surface area contributed by atoms with Crippen LogP contribution in [0.4, 0.5) is 0 Å². The highest BCUT2D eigenvalue weighted by Crippen LogP contribution is 2.25. The molecule has 1 N–H and O–H groups in total. The fourth-order valence-electron chi connectivity index (χ4n) is 2.77. The van der Waals surface area contributed by atoms with E-state index in [-0.39, 0.29) is 0 Å². The molecule has 3 rings (SSSR count). The lowest BCUT2D eigenvalue weighted by atomic mass is 9.94. The first kappa shape index (κ1) is 13.8. The molecule has 5 nitrogen and oxygen atoms in total. The van der Waals surface area contributed by atoms with E-state index in [9.17, 15) is 9.90 Å². The van der Waals surface area contributed by atoms with E-state index in [1.54, 1.807) is 0 Å². The lowest BCUT2D eigenvalue weighted by Crippen LogP contribution is -2.45. The Hall–Kier alpha value is -2.14. The van der Waals surface area contributed by atoms with Gasteiger partial charge < -0.3 is 9.52 Å². The van der Waals surface area contributed by atoms with Gasteiger partial charge in [-0.25, -0.2) is 4.98 Å². The zero-order chi connectivity index (χ0) is 15.0. The van der Waals surface area contributed by atoms with Gasteiger partial charge in [0.15, 0.2) is 0 Å². The number of fused-ring (bicyclic) bond motifs is 1. The van der Waals surface area contributed by atoms with E-state index >= 15 is 0 Å². The molecule has 21 heavy (non-hydrogen) atoms. The number of benzene rings is 1. The predicted octanol–water partition coefficient (Wildman–Crippen LogP) is 2.30. The molecule has 2 aromatic rings. The highest BCUT2D eigenvalue weighted by molar-refractivity contribution is 5.74. The maximum Gasteiger partial charge on any atom is 0.321 e. The van der Waals surface area contributed by atoms with Crippen LogP contribution >= 0.6 is 0 Å². The predicted molar refractivity (Wildman–Crippen MR) is 76.8 cm³/mol. The molecular weight excluding hydrogens is 268 g/mol. The summed E-state index contributed by atoms with van der Waals surface area (Å²) in [5, 5.41) is 9.48. The second-order valence-corrected chi connectivity index (χ2v) is 5.48. The van der Waals surface area contributed by atoms with Gasteiger partial charge in [-0.15, -0.1) is 0 Å². The third kappa shape index (κ3) is 2.69. The van der Waals surface area contributed by atoms with E-state index in [4.69, 9.17) is 4.42 Å². The van der Waals surface area contributed by atoms with Crippen LogP contribution in [-0.2, 0) is 24.3 Å². The Morgan fingerprint density at radius 1 is 1.38 bits per heavy atom. The zero-order valence-electron chi connectivity index (χ0n) is 12.2. The number of rotatable bonds is 3. The SMILES string of the molecule is Cc1nc(CN2Cc3ccccc3C[C@H]2C(=O)O)oc1C. The van der Waals surface area contributed by atoms with Crippen LogP contribution in [0.2, 0.25) is 0 Å². The van der Waals surface area contributed by atoms with Crippen molar-refractivity contribution in [3.8, 4) is 0 Å². The molecule has 110 valence electrons. The summed E-state index contributed by atoms with van der Waals surface area (Å²) in [5.41, 5.74) is 3.14. The standard InChI is InChI=1S/C16H18N2O3/c1-10-11(2)21-15(17-10)9-18-8-13-6-4-3-5-12(13)7-14(18)16(19)20/h3-6,14H,7-9H2,1-2H3,(H,19,20)/t14-/m0/s1. The second kappa shape index (κ2) is 5.33. The van der Waals surface area contributed by atoms with Crippen molar-refractivity contribution in [1.82, 2.24) is 9.88 Å². The maximum atomic E-state index is 11.5. The van der Waals surface area contributed by atoms with Crippen molar-refractivity contribution in [2.24, 2.45) is 0 Å². The molecule has 0 saturated carbocycles. The Balaban J connectivity index is 1.87. The first-order valence-electron chi connectivity index (χ1n) is 7.01. The number of oxazole rings is 1. The van der Waals surface area contributed by atoms with Crippen molar-refractivity contribution < 1.29 is 14.3 Å². The van der Waals surface area contributed by atoms with E-state index < -0.39 is 12.0 Å². The van der Waals surface area contributed by atoms with Gasteiger partial charge in [0, 0.05) is 6.54 Å². The van der Waals surface area contributed by atoms with Crippen LogP contribution in [0.5, 0.6) is 0 Å². The molecule has 1 atom stereocenters. The van der Waals surface area contributed by atoms with Crippen LogP contribution in [0.3, 0.4) is 0 Å². The minimum atomic E-state index is -0.801. The third-order valence-electron chi connectivity index (χ3n) is 4.04. The summed E-state index contributed by atoms with van der Waals surface area (Å²) in [6, 6.07) is 7.45. The zero-order valence-corrected chi connectivity index (χ0v) is 12.2. The van der Waals surface area contributed by atoms with Crippen molar-refractivity contribution in [2.75, 3.05) is 0 Å². The molecule has 0 unspecified atom stereocenters. The highest BCUT2D eigenvalue weighted by atomic mass is 16.4. The quantitative estimate of drug-likeness (QED) is 0.937. The lowest BCUT2D eigenvalue weighted by molar-refractivity contribution is -0.144. The molecular formula is C16H18N2O3. The fraction of sp³-hybridized carbons (Fsp3) is 0.375. The number of aryl methyl sites for hydroxylation is 2. The van der Waals surface area contributed by atoms with E-state index in [0.29, 0.717) is 25.4 Å². The van der Waals surface area contributed by atoms with Gasteiger partial charge in [0.25, 0.3) is 0 Å². The fourth-order valence-corrected chi connectivity index (χ4v) is 2.77. The highest BCUT2D eigenvalue weighted by Gasteiger charge is 2.32. The van der Waals surface area contributed by atoms with Crippen molar-refractivity contribution in [1.29, 1.82) is 0 Å². The summed E-state index contributed by atoms with van der Waals surface area (Å²) in [6.07, 6.45) is 0.518. The van der Waals surface area contributed by atoms with E-state index in [2.05, 4.69) is 4.98 Å². The summed E-state index contributed by atoms with van der Waals surface area (Å²) >= 11 is 0. The number of aromatic nitrogens is 1. The van der Waals surface area contributed by atoms with Gasteiger partial charge in [-0.3, -0.25) is 9.69 Å². The van der Waals surface area contributed by atoms with Crippen LogP contribution in [0, 0.1) is 13.8 Å². The normalized spacial score (nSPS) is 18.5. The van der Waals surface area contributed by atoms with Crippen molar-refractivity contribution in [3.63, 3.8) is 0 Å². The maximum absolute atomic E-state index is 11.5. The smallest absolute Gasteiger partial charge is 0.321 e. The molecule has 1 aliphatic rings. The Morgan fingerprint density at radius 2 is 2.10 bits per heavy atom. The molecule has 0 amide bonds. The third-order valence-corrected chi connectivity index (χ3v) is 4.04. The molecule has 2 heterocycles. The molecule has 1 aromatic carbocycles. The lowest BCUT2D eigenvalue weighted by Gasteiger charge is -2.33. The minimum absolute atomic E-state index is 0.417. The molecule has 0 aliphatic carbocycles. The molecule has 0 bridgehead atoms. The Bertz CT molecular complexity index is 658. The molecule has 0 radical (unpaired) electrons. The van der Waals surface area contributed by atoms with Gasteiger partial charge in [-0.05, 0) is 31.4 Å². The van der Waals surface area contributed by atoms with Crippen LogP contribution in [0.25, 0.3) is 0 Å². The van der Waals surface area contributed by atoms with Gasteiger partial charge in [-0.1, -0.05) is 24.3 Å². The first-order valence-corrected chi connectivity index (χ1v) is 7.01.